The number of aromatic hydroxyl groups is 2. The monoisotopic (exact) mass is 391 g/mol. The maximum Gasteiger partial charge on any atom is 0.200 e. The van der Waals surface area contributed by atoms with E-state index in [1.54, 1.807) is 18.5 Å². The van der Waals surface area contributed by atoms with Gasteiger partial charge in [-0.2, -0.15) is 0 Å². The average Bonchev–Trinajstić information content (AvgIpc) is 3.20. The van der Waals surface area contributed by atoms with E-state index in [0.717, 1.165) is 19.4 Å². The van der Waals surface area contributed by atoms with Crippen LogP contribution in [-0.4, -0.2) is 36.3 Å². The zero-order valence-electron chi connectivity index (χ0n) is 12.5. The largest absolute Gasteiger partial charge is 0.504 e. The lowest BCUT2D eigenvalue weighted by atomic mass is 10.2. The molecule has 0 aliphatic carbocycles. The molecule has 3 N–H and O–H groups in total. The van der Waals surface area contributed by atoms with Crippen molar-refractivity contribution in [1.29, 1.82) is 0 Å². The number of anilines is 2. The van der Waals surface area contributed by atoms with E-state index in [2.05, 4.69) is 36.2 Å². The molecule has 124 valence electrons. The second-order valence-electron chi connectivity index (χ2n) is 5.43. The zero-order valence-corrected chi connectivity index (χ0v) is 14.1. The molecule has 1 aliphatic heterocycles. The molecule has 1 unspecified atom stereocenters. The molecule has 8 nitrogen and oxygen atoms in total. The Hall–Kier alpha value is -2.39. The minimum Gasteiger partial charge on any atom is -0.504 e. The molecule has 0 radical (unpaired) electrons. The molecule has 3 aromatic rings. The van der Waals surface area contributed by atoms with Crippen LogP contribution in [0, 0.1) is 0 Å². The van der Waals surface area contributed by atoms with Crippen molar-refractivity contribution in [3.63, 3.8) is 0 Å². The van der Waals surface area contributed by atoms with Crippen LogP contribution in [-0.2, 0) is 4.74 Å². The molecule has 24 heavy (non-hydrogen) atoms. The van der Waals surface area contributed by atoms with Crippen molar-refractivity contribution in [1.82, 2.24) is 19.5 Å². The molecule has 1 saturated heterocycles. The lowest BCUT2D eigenvalue weighted by Crippen LogP contribution is -2.07. The van der Waals surface area contributed by atoms with Gasteiger partial charge >= 0.3 is 0 Å². The predicted molar refractivity (Wildman–Crippen MR) is 90.3 cm³/mol. The topological polar surface area (TPSA) is 105 Å². The van der Waals surface area contributed by atoms with E-state index in [-0.39, 0.29) is 17.7 Å². The van der Waals surface area contributed by atoms with Crippen LogP contribution in [0.3, 0.4) is 0 Å². The first-order valence-corrected chi connectivity index (χ1v) is 8.22. The van der Waals surface area contributed by atoms with Crippen LogP contribution in [0.5, 0.6) is 11.5 Å². The van der Waals surface area contributed by atoms with Gasteiger partial charge in [0.05, 0.1) is 12.0 Å². The first-order chi connectivity index (χ1) is 11.6. The van der Waals surface area contributed by atoms with Gasteiger partial charge in [0.15, 0.2) is 28.5 Å². The van der Waals surface area contributed by atoms with Gasteiger partial charge in [0.25, 0.3) is 0 Å². The first-order valence-electron chi connectivity index (χ1n) is 7.43. The maximum absolute atomic E-state index is 9.96. The van der Waals surface area contributed by atoms with Crippen molar-refractivity contribution in [2.45, 2.75) is 19.1 Å². The van der Waals surface area contributed by atoms with E-state index in [0.29, 0.717) is 27.4 Å². The number of hydrogen-bond acceptors (Lipinski definition) is 7. The number of para-hydroxylation sites is 1. The number of ether oxygens (including phenoxy) is 1. The van der Waals surface area contributed by atoms with Crippen LogP contribution in [0.25, 0.3) is 11.2 Å². The minimum atomic E-state index is -0.251. The first kappa shape index (κ1) is 15.2. The molecule has 3 heterocycles. The summed E-state index contributed by atoms with van der Waals surface area (Å²) in [5.74, 6) is -0.0438. The van der Waals surface area contributed by atoms with Crippen molar-refractivity contribution in [3.8, 4) is 11.5 Å². The van der Waals surface area contributed by atoms with E-state index in [9.17, 15) is 10.2 Å². The third kappa shape index (κ3) is 2.55. The Morgan fingerprint density at radius 3 is 2.96 bits per heavy atom. The van der Waals surface area contributed by atoms with Crippen molar-refractivity contribution in [3.05, 3.63) is 29.3 Å². The molecular formula is C15H14BrN5O3. The standard InChI is InChI=1S/C15H14BrN5O3/c16-15-19-13(18-8-3-1-4-9(22)12(8)23)11-14(20-15)21(7-17-11)10-5-2-6-24-10/h1,3-4,7,10,22-23H,2,5-6H2,(H,18,19,20). The van der Waals surface area contributed by atoms with Crippen molar-refractivity contribution >= 4 is 38.6 Å². The number of rotatable bonds is 3. The lowest BCUT2D eigenvalue weighted by Gasteiger charge is -2.12. The quantitative estimate of drug-likeness (QED) is 0.465. The second-order valence-corrected chi connectivity index (χ2v) is 6.14. The number of aromatic nitrogens is 4. The lowest BCUT2D eigenvalue weighted by molar-refractivity contribution is 0.0592. The summed E-state index contributed by atoms with van der Waals surface area (Å²) in [6.07, 6.45) is 3.50. The molecule has 0 spiro atoms. The zero-order chi connectivity index (χ0) is 16.7. The normalized spacial score (nSPS) is 17.5. The number of imidazole rings is 1. The van der Waals surface area contributed by atoms with E-state index < -0.39 is 0 Å². The van der Waals surface area contributed by atoms with Crippen LogP contribution in [0.1, 0.15) is 19.1 Å². The Kier molecular flexibility index (Phi) is 3.73. The van der Waals surface area contributed by atoms with Crippen LogP contribution < -0.4 is 5.32 Å². The van der Waals surface area contributed by atoms with Gasteiger partial charge in [0, 0.05) is 6.61 Å². The fraction of sp³-hybridized carbons (Fsp3) is 0.267. The molecule has 2 aromatic heterocycles. The van der Waals surface area contributed by atoms with E-state index in [4.69, 9.17) is 4.74 Å². The van der Waals surface area contributed by atoms with Gasteiger partial charge in [0.1, 0.15) is 6.23 Å². The van der Waals surface area contributed by atoms with Gasteiger partial charge in [-0.1, -0.05) is 6.07 Å². The van der Waals surface area contributed by atoms with E-state index in [1.165, 1.54) is 6.07 Å². The number of phenolic OH excluding ortho intramolecular Hbond substituents is 2. The van der Waals surface area contributed by atoms with Crippen molar-refractivity contribution in [2.75, 3.05) is 11.9 Å². The van der Waals surface area contributed by atoms with Gasteiger partial charge in [-0.15, -0.1) is 0 Å². The minimum absolute atomic E-state index is 0.0844. The van der Waals surface area contributed by atoms with Gasteiger partial charge in [-0.25, -0.2) is 15.0 Å². The second kappa shape index (κ2) is 5.91. The Morgan fingerprint density at radius 1 is 1.29 bits per heavy atom. The SMILES string of the molecule is Oc1cccc(Nc2nc(Br)nc3c2ncn3C2CCCO2)c1O. The summed E-state index contributed by atoms with van der Waals surface area (Å²) in [4.78, 5) is 13.1. The smallest absolute Gasteiger partial charge is 0.200 e. The summed E-state index contributed by atoms with van der Waals surface area (Å²) in [6.45, 7) is 0.721. The van der Waals surface area contributed by atoms with Crippen LogP contribution in [0.2, 0.25) is 0 Å². The molecule has 4 rings (SSSR count). The molecule has 9 heteroatoms. The average molecular weight is 392 g/mol. The van der Waals surface area contributed by atoms with Crippen molar-refractivity contribution in [2.24, 2.45) is 0 Å². The number of phenols is 2. The summed E-state index contributed by atoms with van der Waals surface area (Å²) in [6, 6.07) is 4.65. The highest BCUT2D eigenvalue weighted by Crippen LogP contribution is 2.36. The summed E-state index contributed by atoms with van der Waals surface area (Å²) < 4.78 is 7.96. The molecule has 0 saturated carbocycles. The number of nitrogens with one attached hydrogen (secondary N) is 1. The molecule has 1 fully saturated rings. The number of halogens is 1. The highest BCUT2D eigenvalue weighted by atomic mass is 79.9. The summed E-state index contributed by atoms with van der Waals surface area (Å²) >= 11 is 3.30. The van der Waals surface area contributed by atoms with Gasteiger partial charge in [0.2, 0.25) is 4.73 Å². The fourth-order valence-corrected chi connectivity index (χ4v) is 3.07. The number of hydrogen-bond donors (Lipinski definition) is 3. The fourth-order valence-electron chi connectivity index (χ4n) is 2.73. The van der Waals surface area contributed by atoms with Gasteiger partial charge in [-0.3, -0.25) is 4.57 Å². The highest BCUT2D eigenvalue weighted by molar-refractivity contribution is 9.10. The van der Waals surface area contributed by atoms with E-state index in [1.807, 2.05) is 4.57 Å². The molecule has 1 aromatic carbocycles. The Labute approximate surface area is 145 Å². The molecule has 1 atom stereocenters. The molecular weight excluding hydrogens is 378 g/mol. The van der Waals surface area contributed by atoms with Gasteiger partial charge < -0.3 is 20.3 Å². The Balaban J connectivity index is 1.79. The Morgan fingerprint density at radius 2 is 2.17 bits per heavy atom. The molecule has 0 bridgehead atoms. The van der Waals surface area contributed by atoms with Crippen LogP contribution in [0.15, 0.2) is 29.3 Å². The summed E-state index contributed by atoms with van der Waals surface area (Å²) in [5, 5.41) is 22.6. The van der Waals surface area contributed by atoms with Crippen molar-refractivity contribution < 1.29 is 14.9 Å². The van der Waals surface area contributed by atoms with Crippen LogP contribution in [0.4, 0.5) is 11.5 Å². The maximum atomic E-state index is 9.96. The number of nitrogens with zero attached hydrogens (tertiary/aromatic N) is 4. The predicted octanol–water partition coefficient (Wildman–Crippen LogP) is 3.05. The molecule has 1 aliphatic rings. The number of benzene rings is 1. The third-order valence-corrected chi connectivity index (χ3v) is 4.23. The highest BCUT2D eigenvalue weighted by Gasteiger charge is 2.22. The summed E-state index contributed by atoms with van der Waals surface area (Å²) in [5.41, 5.74) is 1.51. The van der Waals surface area contributed by atoms with Crippen LogP contribution >= 0.6 is 15.9 Å². The number of fused-ring (bicyclic) bond motifs is 1. The molecule has 0 amide bonds. The summed E-state index contributed by atoms with van der Waals surface area (Å²) in [7, 11) is 0. The van der Waals surface area contributed by atoms with E-state index >= 15 is 0 Å². The third-order valence-electron chi connectivity index (χ3n) is 3.88. The van der Waals surface area contributed by atoms with Gasteiger partial charge in [-0.05, 0) is 40.9 Å². The Bertz CT molecular complexity index is 908.